The van der Waals surface area contributed by atoms with Crippen LogP contribution in [0.4, 0.5) is 0 Å². The summed E-state index contributed by atoms with van der Waals surface area (Å²) in [6.45, 7) is 4.53. The second kappa shape index (κ2) is 6.36. The number of carbonyl (C=O) groups is 2. The number of benzene rings is 1. The van der Waals surface area contributed by atoms with E-state index in [0.29, 0.717) is 25.1 Å². The van der Waals surface area contributed by atoms with Gasteiger partial charge in [0.1, 0.15) is 10.7 Å². The summed E-state index contributed by atoms with van der Waals surface area (Å²) < 4.78 is 0. The molecule has 1 saturated heterocycles. The van der Waals surface area contributed by atoms with Gasteiger partial charge in [-0.15, -0.1) is 11.3 Å². The van der Waals surface area contributed by atoms with Gasteiger partial charge < -0.3 is 10.0 Å². The number of carbonyl (C=O) groups excluding carboxylic acids is 1. The molecule has 0 radical (unpaired) electrons. The van der Waals surface area contributed by atoms with Crippen LogP contribution >= 0.6 is 11.3 Å². The SMILES string of the molecule is Cc1ccccc1-c1nc(C(=O)N2CCCC(C)(C(=O)O)C2)cs1. The van der Waals surface area contributed by atoms with E-state index < -0.39 is 11.4 Å². The van der Waals surface area contributed by atoms with E-state index in [0.717, 1.165) is 16.1 Å². The van der Waals surface area contributed by atoms with E-state index in [1.54, 1.807) is 17.2 Å². The van der Waals surface area contributed by atoms with E-state index in [-0.39, 0.29) is 12.5 Å². The molecule has 1 aromatic heterocycles. The van der Waals surface area contributed by atoms with E-state index in [1.165, 1.54) is 11.3 Å². The Morgan fingerprint density at radius 2 is 2.08 bits per heavy atom. The first kappa shape index (κ1) is 16.6. The predicted molar refractivity (Wildman–Crippen MR) is 93.2 cm³/mol. The Bertz CT molecular complexity index is 786. The van der Waals surface area contributed by atoms with Crippen LogP contribution in [0.2, 0.25) is 0 Å². The average molecular weight is 344 g/mol. The number of amides is 1. The van der Waals surface area contributed by atoms with Crippen molar-refractivity contribution in [2.24, 2.45) is 5.41 Å². The van der Waals surface area contributed by atoms with Gasteiger partial charge in [0, 0.05) is 24.0 Å². The van der Waals surface area contributed by atoms with E-state index in [4.69, 9.17) is 0 Å². The largest absolute Gasteiger partial charge is 0.481 e. The first-order valence-electron chi connectivity index (χ1n) is 7.95. The molecule has 6 heteroatoms. The molecule has 24 heavy (non-hydrogen) atoms. The second-order valence-electron chi connectivity index (χ2n) is 6.55. The topological polar surface area (TPSA) is 70.5 Å². The second-order valence-corrected chi connectivity index (χ2v) is 7.41. The van der Waals surface area contributed by atoms with Crippen molar-refractivity contribution < 1.29 is 14.7 Å². The average Bonchev–Trinajstić information content (AvgIpc) is 3.04. The molecule has 0 spiro atoms. The molecule has 3 rings (SSSR count). The monoisotopic (exact) mass is 344 g/mol. The zero-order chi connectivity index (χ0) is 17.3. The number of carboxylic acids is 1. The number of likely N-dealkylation sites (tertiary alicyclic amines) is 1. The summed E-state index contributed by atoms with van der Waals surface area (Å²) in [6.07, 6.45) is 1.29. The molecule has 0 bridgehead atoms. The third-order valence-electron chi connectivity index (χ3n) is 4.60. The van der Waals surface area contributed by atoms with Crippen LogP contribution in [0, 0.1) is 12.3 Å². The minimum Gasteiger partial charge on any atom is -0.481 e. The van der Waals surface area contributed by atoms with Crippen molar-refractivity contribution >= 4 is 23.2 Å². The lowest BCUT2D eigenvalue weighted by Crippen LogP contribution is -2.48. The van der Waals surface area contributed by atoms with Crippen LogP contribution in [-0.2, 0) is 4.79 Å². The zero-order valence-corrected chi connectivity index (χ0v) is 14.6. The van der Waals surface area contributed by atoms with Crippen LogP contribution in [0.15, 0.2) is 29.6 Å². The maximum Gasteiger partial charge on any atom is 0.311 e. The highest BCUT2D eigenvalue weighted by Gasteiger charge is 2.39. The standard InChI is InChI=1S/C18H20N2O3S/c1-12-6-3-4-7-13(12)15-19-14(10-24-15)16(21)20-9-5-8-18(2,11-20)17(22)23/h3-4,6-7,10H,5,8-9,11H2,1-2H3,(H,22,23). The Hall–Kier alpha value is -2.21. The number of thiazole rings is 1. The van der Waals surface area contributed by atoms with Gasteiger partial charge in [-0.3, -0.25) is 9.59 Å². The fourth-order valence-electron chi connectivity index (χ4n) is 3.06. The highest BCUT2D eigenvalue weighted by molar-refractivity contribution is 7.13. The Morgan fingerprint density at radius 3 is 2.79 bits per heavy atom. The van der Waals surface area contributed by atoms with Gasteiger partial charge in [-0.25, -0.2) is 4.98 Å². The molecule has 1 fully saturated rings. The maximum absolute atomic E-state index is 12.7. The minimum absolute atomic E-state index is 0.182. The van der Waals surface area contributed by atoms with Crippen LogP contribution in [0.1, 0.15) is 35.8 Å². The first-order valence-corrected chi connectivity index (χ1v) is 8.83. The molecule has 1 aliphatic rings. The number of aromatic nitrogens is 1. The van der Waals surface area contributed by atoms with E-state index in [2.05, 4.69) is 4.98 Å². The van der Waals surface area contributed by atoms with Crippen molar-refractivity contribution in [2.75, 3.05) is 13.1 Å². The van der Waals surface area contributed by atoms with E-state index in [1.807, 2.05) is 31.2 Å². The molecule has 2 aromatic rings. The Kier molecular flexibility index (Phi) is 4.41. The molecule has 1 aromatic carbocycles. The lowest BCUT2D eigenvalue weighted by molar-refractivity contribution is -0.150. The normalized spacial score (nSPS) is 20.8. The van der Waals surface area contributed by atoms with Crippen molar-refractivity contribution in [3.8, 4) is 10.6 Å². The molecule has 5 nitrogen and oxygen atoms in total. The maximum atomic E-state index is 12.7. The fraction of sp³-hybridized carbons (Fsp3) is 0.389. The Labute approximate surface area is 145 Å². The van der Waals surface area contributed by atoms with Gasteiger partial charge in [0.25, 0.3) is 5.91 Å². The molecular formula is C18H20N2O3S. The van der Waals surface area contributed by atoms with Crippen LogP contribution in [0.3, 0.4) is 0 Å². The van der Waals surface area contributed by atoms with Gasteiger partial charge in [-0.05, 0) is 32.3 Å². The van der Waals surface area contributed by atoms with E-state index in [9.17, 15) is 14.7 Å². The van der Waals surface area contributed by atoms with Gasteiger partial charge in [-0.1, -0.05) is 24.3 Å². The molecule has 1 atom stereocenters. The van der Waals surface area contributed by atoms with Crippen LogP contribution in [-0.4, -0.2) is 40.0 Å². The Balaban J connectivity index is 1.81. The number of rotatable bonds is 3. The molecule has 1 amide bonds. The summed E-state index contributed by atoms with van der Waals surface area (Å²) in [5, 5.41) is 12.0. The fourth-order valence-corrected chi connectivity index (χ4v) is 3.94. The van der Waals surface area contributed by atoms with Crippen molar-refractivity contribution in [1.82, 2.24) is 9.88 Å². The number of aryl methyl sites for hydroxylation is 1. The summed E-state index contributed by atoms with van der Waals surface area (Å²) in [7, 11) is 0. The zero-order valence-electron chi connectivity index (χ0n) is 13.8. The number of aliphatic carboxylic acids is 1. The highest BCUT2D eigenvalue weighted by Crippen LogP contribution is 2.31. The van der Waals surface area contributed by atoms with Gasteiger partial charge in [-0.2, -0.15) is 0 Å². The first-order chi connectivity index (χ1) is 11.4. The summed E-state index contributed by atoms with van der Waals surface area (Å²) in [5.74, 6) is -1.03. The van der Waals surface area contributed by atoms with Crippen molar-refractivity contribution in [2.45, 2.75) is 26.7 Å². The molecule has 0 aliphatic carbocycles. The third kappa shape index (κ3) is 3.06. The van der Waals surface area contributed by atoms with Gasteiger partial charge >= 0.3 is 5.97 Å². The summed E-state index contributed by atoms with van der Waals surface area (Å²) in [4.78, 5) is 30.3. The smallest absolute Gasteiger partial charge is 0.311 e. The molecule has 2 heterocycles. The number of carboxylic acid groups (broad SMARTS) is 1. The lowest BCUT2D eigenvalue weighted by atomic mass is 9.82. The minimum atomic E-state index is -0.872. The van der Waals surface area contributed by atoms with Crippen LogP contribution in [0.5, 0.6) is 0 Å². The quantitative estimate of drug-likeness (QED) is 0.926. The van der Waals surface area contributed by atoms with Crippen molar-refractivity contribution in [3.05, 3.63) is 40.9 Å². The van der Waals surface area contributed by atoms with Crippen LogP contribution < -0.4 is 0 Å². The number of piperidine rings is 1. The number of nitrogens with zero attached hydrogens (tertiary/aromatic N) is 2. The van der Waals surface area contributed by atoms with Crippen LogP contribution in [0.25, 0.3) is 10.6 Å². The summed E-state index contributed by atoms with van der Waals surface area (Å²) in [5.41, 5.74) is 1.66. The van der Waals surface area contributed by atoms with Gasteiger partial charge in [0.2, 0.25) is 0 Å². The molecule has 1 aliphatic heterocycles. The van der Waals surface area contributed by atoms with Crippen molar-refractivity contribution in [3.63, 3.8) is 0 Å². The van der Waals surface area contributed by atoms with Gasteiger partial charge in [0.05, 0.1) is 5.41 Å². The van der Waals surface area contributed by atoms with E-state index >= 15 is 0 Å². The number of hydrogen-bond acceptors (Lipinski definition) is 4. The lowest BCUT2D eigenvalue weighted by Gasteiger charge is -2.37. The molecular weight excluding hydrogens is 324 g/mol. The molecule has 0 saturated carbocycles. The molecule has 126 valence electrons. The molecule has 1 N–H and O–H groups in total. The predicted octanol–water partition coefficient (Wildman–Crippen LogP) is 3.45. The number of hydrogen-bond donors (Lipinski definition) is 1. The third-order valence-corrected chi connectivity index (χ3v) is 5.47. The Morgan fingerprint density at radius 1 is 1.33 bits per heavy atom. The summed E-state index contributed by atoms with van der Waals surface area (Å²) >= 11 is 1.44. The molecule has 1 unspecified atom stereocenters. The van der Waals surface area contributed by atoms with Crippen molar-refractivity contribution in [1.29, 1.82) is 0 Å². The van der Waals surface area contributed by atoms with Gasteiger partial charge in [0.15, 0.2) is 0 Å². The highest BCUT2D eigenvalue weighted by atomic mass is 32.1. The summed E-state index contributed by atoms with van der Waals surface area (Å²) in [6, 6.07) is 7.93.